The number of nitrogens with zero attached hydrogens (tertiary/aromatic N) is 3. The minimum Gasteiger partial charge on any atom is -0.508 e. The van der Waals surface area contributed by atoms with E-state index in [1.165, 1.54) is 10.9 Å². The van der Waals surface area contributed by atoms with Gasteiger partial charge in [-0.1, -0.05) is 44.6 Å². The molecular formula is C20H25N5O3S. The molecule has 0 radical (unpaired) electrons. The maximum absolute atomic E-state index is 13.6. The molecule has 0 spiro atoms. The summed E-state index contributed by atoms with van der Waals surface area (Å²) >= 11 is 5.55. The van der Waals surface area contributed by atoms with Crippen LogP contribution in [0.15, 0.2) is 35.4 Å². The molecule has 2 aromatic heterocycles. The first kappa shape index (κ1) is 20.8. The Morgan fingerprint density at radius 1 is 1.28 bits per heavy atom. The Kier molecular flexibility index (Phi) is 6.48. The van der Waals surface area contributed by atoms with E-state index in [-0.39, 0.29) is 27.2 Å². The fourth-order valence-electron chi connectivity index (χ4n) is 3.37. The molecule has 1 atom stereocenters. The zero-order valence-electron chi connectivity index (χ0n) is 16.5. The van der Waals surface area contributed by atoms with Gasteiger partial charge in [-0.05, 0) is 30.5 Å². The van der Waals surface area contributed by atoms with Crippen LogP contribution in [-0.4, -0.2) is 48.8 Å². The van der Waals surface area contributed by atoms with Crippen molar-refractivity contribution in [1.82, 2.24) is 24.6 Å². The van der Waals surface area contributed by atoms with E-state index >= 15 is 0 Å². The summed E-state index contributed by atoms with van der Waals surface area (Å²) in [6.45, 7) is 5.34. The normalized spacial score (nSPS) is 12.2. The third-order valence-electron chi connectivity index (χ3n) is 4.80. The number of phenols is 1. The van der Waals surface area contributed by atoms with Crippen LogP contribution in [0.5, 0.6) is 5.75 Å². The predicted octanol–water partition coefficient (Wildman–Crippen LogP) is 3.12. The maximum Gasteiger partial charge on any atom is 0.276 e. The molecule has 8 nitrogen and oxygen atoms in total. The van der Waals surface area contributed by atoms with Crippen molar-refractivity contribution in [3.05, 3.63) is 51.2 Å². The first-order valence-corrected chi connectivity index (χ1v) is 10.1. The standard InChI is InChI=1S/C20H25N5O3S/c1-3-5-10-24(9-4-2)19(28)16(13-7-6-8-14(26)11-13)25-12-21-17-15(20(25)29)18(27)23-22-17/h6-8,11-12,16,26H,3-5,9-10H2,1-2H3,(H2,22,23,27). The second kappa shape index (κ2) is 9.04. The van der Waals surface area contributed by atoms with Crippen molar-refractivity contribution in [2.24, 2.45) is 0 Å². The fourth-order valence-corrected chi connectivity index (χ4v) is 3.71. The van der Waals surface area contributed by atoms with E-state index < -0.39 is 6.04 Å². The summed E-state index contributed by atoms with van der Waals surface area (Å²) in [7, 11) is 0. The van der Waals surface area contributed by atoms with Gasteiger partial charge in [0.25, 0.3) is 5.56 Å². The Balaban J connectivity index is 2.17. The molecule has 1 unspecified atom stereocenters. The van der Waals surface area contributed by atoms with Gasteiger partial charge in [-0.25, -0.2) is 4.98 Å². The van der Waals surface area contributed by atoms with Gasteiger partial charge in [0.1, 0.15) is 21.8 Å². The number of H-pyrrole nitrogens is 2. The van der Waals surface area contributed by atoms with E-state index in [0.29, 0.717) is 24.3 Å². The smallest absolute Gasteiger partial charge is 0.276 e. The summed E-state index contributed by atoms with van der Waals surface area (Å²) in [5.74, 6) is -0.0916. The highest BCUT2D eigenvalue weighted by Crippen LogP contribution is 2.26. The van der Waals surface area contributed by atoms with Crippen LogP contribution in [0.25, 0.3) is 11.0 Å². The Labute approximate surface area is 173 Å². The van der Waals surface area contributed by atoms with Gasteiger partial charge >= 0.3 is 0 Å². The molecule has 0 bridgehead atoms. The first-order valence-electron chi connectivity index (χ1n) is 9.73. The number of amides is 1. The van der Waals surface area contributed by atoms with Crippen LogP contribution in [0.4, 0.5) is 0 Å². The number of aromatic hydroxyl groups is 1. The molecule has 1 amide bonds. The molecule has 0 saturated heterocycles. The average Bonchev–Trinajstić information content (AvgIpc) is 3.08. The molecule has 0 aliphatic carbocycles. The number of nitrogens with one attached hydrogen (secondary N) is 2. The van der Waals surface area contributed by atoms with E-state index in [0.717, 1.165) is 19.3 Å². The summed E-state index contributed by atoms with van der Waals surface area (Å²) in [4.78, 5) is 31.9. The maximum atomic E-state index is 13.6. The molecular weight excluding hydrogens is 390 g/mol. The lowest BCUT2D eigenvalue weighted by Gasteiger charge is -2.29. The molecule has 2 heterocycles. The Hall–Kier alpha value is -2.94. The van der Waals surface area contributed by atoms with Crippen molar-refractivity contribution in [2.75, 3.05) is 13.1 Å². The van der Waals surface area contributed by atoms with Crippen molar-refractivity contribution in [2.45, 2.75) is 39.2 Å². The second-order valence-electron chi connectivity index (χ2n) is 6.94. The Morgan fingerprint density at radius 2 is 2.07 bits per heavy atom. The van der Waals surface area contributed by atoms with Crippen molar-refractivity contribution < 1.29 is 9.90 Å². The summed E-state index contributed by atoms with van der Waals surface area (Å²) in [5, 5.41) is 15.4. The number of carbonyl (C=O) groups excluding carboxylic acids is 1. The van der Waals surface area contributed by atoms with Crippen molar-refractivity contribution in [3.8, 4) is 5.75 Å². The molecule has 29 heavy (non-hydrogen) atoms. The topological polar surface area (TPSA) is 107 Å². The van der Waals surface area contributed by atoms with Crippen LogP contribution in [0.3, 0.4) is 0 Å². The van der Waals surface area contributed by atoms with Crippen molar-refractivity contribution >= 4 is 29.2 Å². The summed E-state index contributed by atoms with van der Waals surface area (Å²) in [5.41, 5.74) is 0.539. The largest absolute Gasteiger partial charge is 0.508 e. The van der Waals surface area contributed by atoms with Crippen LogP contribution in [-0.2, 0) is 4.79 Å². The molecule has 0 aliphatic rings. The van der Waals surface area contributed by atoms with Crippen LogP contribution in [0, 0.1) is 4.64 Å². The number of unbranched alkanes of at least 4 members (excludes halogenated alkanes) is 1. The molecule has 9 heteroatoms. The monoisotopic (exact) mass is 415 g/mol. The number of hydrogen-bond acceptors (Lipinski definition) is 5. The SMILES string of the molecule is CCCCN(CCC)C(=O)C(c1cccc(O)c1)n1cnc2[nH][nH]c(=O)c2c1=S. The Morgan fingerprint density at radius 3 is 2.76 bits per heavy atom. The van der Waals surface area contributed by atoms with Crippen molar-refractivity contribution in [1.29, 1.82) is 0 Å². The van der Waals surface area contributed by atoms with E-state index in [1.807, 2.05) is 11.8 Å². The molecule has 0 fully saturated rings. The van der Waals surface area contributed by atoms with Gasteiger partial charge in [0.2, 0.25) is 5.91 Å². The number of carbonyl (C=O) groups is 1. The Bertz CT molecular complexity index is 1120. The van der Waals surface area contributed by atoms with Gasteiger partial charge in [0.15, 0.2) is 5.65 Å². The van der Waals surface area contributed by atoms with Gasteiger partial charge in [0, 0.05) is 13.1 Å². The molecule has 1 aromatic carbocycles. The molecule has 3 rings (SSSR count). The third-order valence-corrected chi connectivity index (χ3v) is 5.22. The van der Waals surface area contributed by atoms with E-state index in [9.17, 15) is 14.7 Å². The second-order valence-corrected chi connectivity index (χ2v) is 7.32. The van der Waals surface area contributed by atoms with Crippen LogP contribution in [0.2, 0.25) is 0 Å². The van der Waals surface area contributed by atoms with Gasteiger partial charge in [0.05, 0.1) is 6.33 Å². The van der Waals surface area contributed by atoms with Crippen LogP contribution in [0.1, 0.15) is 44.7 Å². The lowest BCUT2D eigenvalue weighted by atomic mass is 10.0. The van der Waals surface area contributed by atoms with E-state index in [2.05, 4.69) is 22.1 Å². The van der Waals surface area contributed by atoms with Gasteiger partial charge < -0.3 is 14.6 Å². The molecule has 3 N–H and O–H groups in total. The number of phenolic OH excluding ortho intramolecular Hbond substituents is 1. The summed E-state index contributed by atoms with van der Waals surface area (Å²) < 4.78 is 1.75. The molecule has 154 valence electrons. The van der Waals surface area contributed by atoms with Gasteiger partial charge in [-0.2, -0.15) is 0 Å². The quantitative estimate of drug-likeness (QED) is 0.490. The van der Waals surface area contributed by atoms with Crippen LogP contribution >= 0.6 is 12.2 Å². The van der Waals surface area contributed by atoms with Gasteiger partial charge in [-0.3, -0.25) is 19.8 Å². The zero-order chi connectivity index (χ0) is 21.0. The highest BCUT2D eigenvalue weighted by Gasteiger charge is 2.28. The van der Waals surface area contributed by atoms with E-state index in [1.54, 1.807) is 24.3 Å². The van der Waals surface area contributed by atoms with Crippen LogP contribution < -0.4 is 5.56 Å². The first-order chi connectivity index (χ1) is 14.0. The predicted molar refractivity (Wildman–Crippen MR) is 114 cm³/mol. The third kappa shape index (κ3) is 4.24. The lowest BCUT2D eigenvalue weighted by Crippen LogP contribution is -2.39. The highest BCUT2D eigenvalue weighted by atomic mass is 32.1. The van der Waals surface area contributed by atoms with Gasteiger partial charge in [-0.15, -0.1) is 0 Å². The minimum atomic E-state index is -0.829. The van der Waals surface area contributed by atoms with Crippen molar-refractivity contribution in [3.63, 3.8) is 0 Å². The summed E-state index contributed by atoms with van der Waals surface area (Å²) in [6, 6.07) is 5.70. The number of aromatic nitrogens is 4. The highest BCUT2D eigenvalue weighted by molar-refractivity contribution is 7.71. The lowest BCUT2D eigenvalue weighted by molar-refractivity contribution is -0.133. The molecule has 3 aromatic rings. The number of fused-ring (bicyclic) bond motifs is 1. The number of hydrogen-bond donors (Lipinski definition) is 3. The minimum absolute atomic E-state index is 0.0518. The molecule has 0 aliphatic heterocycles. The number of benzene rings is 1. The zero-order valence-corrected chi connectivity index (χ0v) is 17.3. The molecule has 0 saturated carbocycles. The number of aromatic amines is 2. The summed E-state index contributed by atoms with van der Waals surface area (Å²) in [6.07, 6.45) is 4.14. The average molecular weight is 416 g/mol. The van der Waals surface area contributed by atoms with E-state index in [4.69, 9.17) is 12.2 Å². The fraction of sp³-hybridized carbons (Fsp3) is 0.400. The number of rotatable bonds is 8.